The monoisotopic (exact) mass is 336 g/mol. The Bertz CT molecular complexity index is 866. The van der Waals surface area contributed by atoms with Crippen LogP contribution >= 0.6 is 0 Å². The van der Waals surface area contributed by atoms with E-state index in [4.69, 9.17) is 0 Å². The van der Waals surface area contributed by atoms with Crippen molar-refractivity contribution in [1.82, 2.24) is 19.5 Å². The van der Waals surface area contributed by atoms with E-state index in [1.165, 1.54) is 0 Å². The fourth-order valence-corrected chi connectivity index (χ4v) is 4.15. The van der Waals surface area contributed by atoms with Crippen LogP contribution in [0.25, 0.3) is 11.0 Å². The van der Waals surface area contributed by atoms with E-state index in [2.05, 4.69) is 14.8 Å². The number of amides is 1. The summed E-state index contributed by atoms with van der Waals surface area (Å²) in [6.07, 6.45) is 3.67. The zero-order valence-corrected chi connectivity index (χ0v) is 14.2. The van der Waals surface area contributed by atoms with Gasteiger partial charge in [0.1, 0.15) is 0 Å². The first kappa shape index (κ1) is 15.9. The topological polar surface area (TPSA) is 94.0 Å². The molecule has 0 aromatic carbocycles. The molecule has 0 bridgehead atoms. The molecule has 124 valence electrons. The molecule has 2 aromatic heterocycles. The first-order valence-electron chi connectivity index (χ1n) is 7.70. The number of hydrogen-bond acceptors (Lipinski definition) is 5. The van der Waals surface area contributed by atoms with Crippen molar-refractivity contribution in [3.63, 3.8) is 0 Å². The van der Waals surface area contributed by atoms with Crippen LogP contribution in [0.15, 0.2) is 12.3 Å². The van der Waals surface area contributed by atoms with E-state index in [9.17, 15) is 13.2 Å². The lowest BCUT2D eigenvalue weighted by Crippen LogP contribution is -2.41. The minimum absolute atomic E-state index is 0.0939. The van der Waals surface area contributed by atoms with Gasteiger partial charge in [0.15, 0.2) is 5.65 Å². The van der Waals surface area contributed by atoms with Gasteiger partial charge in [-0.3, -0.25) is 4.79 Å². The van der Waals surface area contributed by atoms with Crippen molar-refractivity contribution in [3.8, 4) is 0 Å². The van der Waals surface area contributed by atoms with Gasteiger partial charge in [-0.25, -0.2) is 22.8 Å². The Balaban J connectivity index is 2.00. The highest BCUT2D eigenvalue weighted by Gasteiger charge is 2.33. The van der Waals surface area contributed by atoms with Crippen molar-refractivity contribution in [3.05, 3.63) is 23.5 Å². The first-order valence-corrected chi connectivity index (χ1v) is 9.25. The molecule has 0 saturated heterocycles. The second kappa shape index (κ2) is 5.59. The van der Waals surface area contributed by atoms with Crippen LogP contribution in [0, 0.1) is 6.92 Å². The van der Waals surface area contributed by atoms with Crippen LogP contribution in [-0.4, -0.2) is 34.3 Å². The maximum absolute atomic E-state index is 12.5. The maximum Gasteiger partial charge on any atom is 0.265 e. The van der Waals surface area contributed by atoms with E-state index < -0.39 is 21.2 Å². The molecule has 23 heavy (non-hydrogen) atoms. The third kappa shape index (κ3) is 2.83. The van der Waals surface area contributed by atoms with E-state index in [0.29, 0.717) is 35.1 Å². The smallest absolute Gasteiger partial charge is 0.265 e. The number of carbonyl (C=O) groups is 1. The summed E-state index contributed by atoms with van der Waals surface area (Å²) in [5, 5.41) is 4.37. The minimum atomic E-state index is -3.61. The van der Waals surface area contributed by atoms with Crippen molar-refractivity contribution >= 4 is 27.0 Å². The number of aromatic nitrogens is 3. The Morgan fingerprint density at radius 2 is 2.09 bits per heavy atom. The van der Waals surface area contributed by atoms with Crippen LogP contribution in [0.4, 0.5) is 0 Å². The van der Waals surface area contributed by atoms with Gasteiger partial charge in [0.2, 0.25) is 10.0 Å². The van der Waals surface area contributed by atoms with Crippen LogP contribution in [0.5, 0.6) is 0 Å². The van der Waals surface area contributed by atoms with Gasteiger partial charge in [0, 0.05) is 11.7 Å². The van der Waals surface area contributed by atoms with Gasteiger partial charge in [-0.2, -0.15) is 5.10 Å². The number of nitrogens with one attached hydrogen (secondary N) is 1. The molecule has 2 aromatic rings. The molecule has 1 aliphatic rings. The van der Waals surface area contributed by atoms with E-state index >= 15 is 0 Å². The van der Waals surface area contributed by atoms with Gasteiger partial charge in [-0.1, -0.05) is 6.42 Å². The average molecular weight is 336 g/mol. The largest absolute Gasteiger partial charge is 0.268 e. The van der Waals surface area contributed by atoms with Gasteiger partial charge in [0.25, 0.3) is 5.91 Å². The van der Waals surface area contributed by atoms with Crippen molar-refractivity contribution in [2.24, 2.45) is 0 Å². The molecule has 0 atom stereocenters. The predicted octanol–water partition coefficient (Wildman–Crippen LogP) is 1.93. The molecule has 2 heterocycles. The molecule has 1 amide bonds. The molecule has 1 N–H and O–H groups in total. The zero-order valence-electron chi connectivity index (χ0n) is 13.4. The maximum atomic E-state index is 12.5. The molecule has 0 spiro atoms. The lowest BCUT2D eigenvalue weighted by atomic mass is 10.0. The molecule has 1 aliphatic carbocycles. The van der Waals surface area contributed by atoms with Gasteiger partial charge in [0.05, 0.1) is 22.4 Å². The molecule has 0 unspecified atom stereocenters. The zero-order chi connectivity index (χ0) is 16.8. The van der Waals surface area contributed by atoms with Gasteiger partial charge in [-0.05, 0) is 39.7 Å². The quantitative estimate of drug-likeness (QED) is 0.921. The SMILES string of the molecule is Cc1cc(C(=O)NS(=O)(=O)C2CCC2)c2cnn(C(C)C)c2n1. The molecule has 3 rings (SSSR count). The Kier molecular flexibility index (Phi) is 3.87. The average Bonchev–Trinajstić information content (AvgIpc) is 2.77. The second-order valence-corrected chi connectivity index (χ2v) is 8.22. The number of aryl methyl sites for hydroxylation is 1. The Morgan fingerprint density at radius 1 is 1.39 bits per heavy atom. The molecular weight excluding hydrogens is 316 g/mol. The number of sulfonamides is 1. The number of nitrogens with zero attached hydrogens (tertiary/aromatic N) is 3. The number of carbonyl (C=O) groups excluding carboxylic acids is 1. The highest BCUT2D eigenvalue weighted by molar-refractivity contribution is 7.90. The number of pyridine rings is 1. The van der Waals surface area contributed by atoms with Gasteiger partial charge in [-0.15, -0.1) is 0 Å². The van der Waals surface area contributed by atoms with Crippen LogP contribution in [0.2, 0.25) is 0 Å². The van der Waals surface area contributed by atoms with Crippen molar-refractivity contribution in [2.75, 3.05) is 0 Å². The number of hydrogen-bond donors (Lipinski definition) is 1. The predicted molar refractivity (Wildman–Crippen MR) is 86.7 cm³/mol. The molecule has 1 fully saturated rings. The Hall–Kier alpha value is -1.96. The summed E-state index contributed by atoms with van der Waals surface area (Å²) in [6.45, 7) is 5.71. The standard InChI is InChI=1S/C15H20N4O3S/c1-9(2)19-14-13(8-16-19)12(7-10(3)17-14)15(20)18-23(21,22)11-5-4-6-11/h7-9,11H,4-6H2,1-3H3,(H,18,20). The van der Waals surface area contributed by atoms with Crippen LogP contribution < -0.4 is 4.72 Å². The molecule has 8 heteroatoms. The summed E-state index contributed by atoms with van der Waals surface area (Å²) >= 11 is 0. The third-order valence-electron chi connectivity index (χ3n) is 4.15. The van der Waals surface area contributed by atoms with E-state index in [1.54, 1.807) is 23.9 Å². The van der Waals surface area contributed by atoms with Crippen molar-refractivity contribution < 1.29 is 13.2 Å². The number of fused-ring (bicyclic) bond motifs is 1. The highest BCUT2D eigenvalue weighted by Crippen LogP contribution is 2.26. The molecule has 0 aliphatic heterocycles. The fourth-order valence-electron chi connectivity index (χ4n) is 2.66. The normalized spacial score (nSPS) is 15.8. The summed E-state index contributed by atoms with van der Waals surface area (Å²) in [5.74, 6) is -0.615. The third-order valence-corrected chi connectivity index (χ3v) is 5.97. The lowest BCUT2D eigenvalue weighted by molar-refractivity contribution is 0.0982. The van der Waals surface area contributed by atoms with E-state index in [-0.39, 0.29) is 6.04 Å². The van der Waals surface area contributed by atoms with Gasteiger partial charge < -0.3 is 0 Å². The summed E-state index contributed by atoms with van der Waals surface area (Å²) in [6, 6.07) is 1.69. The summed E-state index contributed by atoms with van der Waals surface area (Å²) in [5.41, 5.74) is 1.53. The lowest BCUT2D eigenvalue weighted by Gasteiger charge is -2.25. The molecule has 0 radical (unpaired) electrons. The molecule has 7 nitrogen and oxygen atoms in total. The minimum Gasteiger partial charge on any atom is -0.268 e. The molecular formula is C15H20N4O3S. The van der Waals surface area contributed by atoms with Crippen molar-refractivity contribution in [2.45, 2.75) is 51.3 Å². The summed E-state index contributed by atoms with van der Waals surface area (Å²) in [7, 11) is -3.61. The Morgan fingerprint density at radius 3 is 2.65 bits per heavy atom. The van der Waals surface area contributed by atoms with Gasteiger partial charge >= 0.3 is 0 Å². The first-order chi connectivity index (χ1) is 10.8. The Labute approximate surface area is 135 Å². The molecule has 1 saturated carbocycles. The van der Waals surface area contributed by atoms with E-state index in [0.717, 1.165) is 6.42 Å². The van der Waals surface area contributed by atoms with Crippen LogP contribution in [0.3, 0.4) is 0 Å². The van der Waals surface area contributed by atoms with E-state index in [1.807, 2.05) is 13.8 Å². The summed E-state index contributed by atoms with van der Waals surface area (Å²) < 4.78 is 28.2. The fraction of sp³-hybridized carbons (Fsp3) is 0.533. The van der Waals surface area contributed by atoms with Crippen molar-refractivity contribution in [1.29, 1.82) is 0 Å². The summed E-state index contributed by atoms with van der Waals surface area (Å²) in [4.78, 5) is 16.9. The number of rotatable bonds is 4. The van der Waals surface area contributed by atoms with Crippen LogP contribution in [-0.2, 0) is 10.0 Å². The second-order valence-electron chi connectivity index (χ2n) is 6.26. The van der Waals surface area contributed by atoms with Crippen LogP contribution in [0.1, 0.15) is 55.2 Å². The highest BCUT2D eigenvalue weighted by atomic mass is 32.2.